The fraction of sp³-hybridized carbons (Fsp3) is 0.355. The minimum atomic E-state index is -0.964. The van der Waals surface area contributed by atoms with E-state index >= 15 is 0 Å². The minimum absolute atomic E-state index is 0.0371. The van der Waals surface area contributed by atoms with E-state index in [0.717, 1.165) is 59.9 Å². The van der Waals surface area contributed by atoms with Crippen molar-refractivity contribution in [1.29, 1.82) is 0 Å². The summed E-state index contributed by atoms with van der Waals surface area (Å²) in [6, 6.07) is 18.9. The zero-order valence-corrected chi connectivity index (χ0v) is 20.8. The Hall–Kier alpha value is -3.40. The quantitative estimate of drug-likeness (QED) is 0.359. The molecule has 0 unspecified atom stereocenters. The minimum Gasteiger partial charge on any atom is -0.478 e. The fourth-order valence-electron chi connectivity index (χ4n) is 5.18. The SMILES string of the molecule is Cc1ccc(CC(C)C)c(-c2ccccc2C(=O)O)c1-c1ccccc1C(=O)OC1CCCCC1. The highest BCUT2D eigenvalue weighted by Gasteiger charge is 2.25. The largest absolute Gasteiger partial charge is 0.478 e. The third kappa shape index (κ3) is 5.48. The topological polar surface area (TPSA) is 63.6 Å². The Morgan fingerprint density at radius 3 is 2.09 bits per heavy atom. The summed E-state index contributed by atoms with van der Waals surface area (Å²) in [5, 5.41) is 9.98. The third-order valence-electron chi connectivity index (χ3n) is 6.80. The van der Waals surface area contributed by atoms with Crippen LogP contribution in [0.2, 0.25) is 0 Å². The first-order valence-corrected chi connectivity index (χ1v) is 12.6. The van der Waals surface area contributed by atoms with Gasteiger partial charge in [0.1, 0.15) is 6.10 Å². The van der Waals surface area contributed by atoms with Gasteiger partial charge in [-0.2, -0.15) is 0 Å². The number of aryl methyl sites for hydroxylation is 1. The van der Waals surface area contributed by atoms with Gasteiger partial charge in [-0.3, -0.25) is 0 Å². The molecular weight excluding hydrogens is 436 g/mol. The molecule has 1 saturated carbocycles. The average molecular weight is 471 g/mol. The van der Waals surface area contributed by atoms with Crippen LogP contribution in [0.3, 0.4) is 0 Å². The van der Waals surface area contributed by atoms with Crippen LogP contribution in [0, 0.1) is 12.8 Å². The summed E-state index contributed by atoms with van der Waals surface area (Å²) in [5.41, 5.74) is 6.08. The molecule has 0 spiro atoms. The number of carboxylic acids is 1. The van der Waals surface area contributed by atoms with Gasteiger partial charge < -0.3 is 9.84 Å². The molecule has 0 radical (unpaired) electrons. The molecule has 0 heterocycles. The molecular formula is C31H34O4. The molecule has 4 rings (SSSR count). The van der Waals surface area contributed by atoms with Crippen molar-refractivity contribution in [1.82, 2.24) is 0 Å². The van der Waals surface area contributed by atoms with Gasteiger partial charge in [0, 0.05) is 0 Å². The number of carbonyl (C=O) groups is 2. The lowest BCUT2D eigenvalue weighted by Gasteiger charge is -2.24. The highest BCUT2D eigenvalue weighted by molar-refractivity contribution is 6.04. The maximum absolute atomic E-state index is 13.4. The summed E-state index contributed by atoms with van der Waals surface area (Å²) in [7, 11) is 0. The van der Waals surface area contributed by atoms with Crippen molar-refractivity contribution in [3.8, 4) is 22.3 Å². The zero-order valence-electron chi connectivity index (χ0n) is 20.8. The van der Waals surface area contributed by atoms with Crippen LogP contribution in [0.5, 0.6) is 0 Å². The summed E-state index contributed by atoms with van der Waals surface area (Å²) >= 11 is 0. The standard InChI is InChI=1S/C31H34O4/c1-20(2)19-22-18-17-21(3)28(29(22)24-13-7-9-15-26(24)30(32)33)25-14-8-10-16-27(25)31(34)35-23-11-5-4-6-12-23/h7-10,13-18,20,23H,4-6,11-12,19H2,1-3H3,(H,32,33). The van der Waals surface area contributed by atoms with Crippen LogP contribution in [-0.4, -0.2) is 23.1 Å². The summed E-state index contributed by atoms with van der Waals surface area (Å²) in [5.74, 6) is -0.889. The smallest absolute Gasteiger partial charge is 0.339 e. The van der Waals surface area contributed by atoms with Crippen LogP contribution in [0.15, 0.2) is 60.7 Å². The maximum Gasteiger partial charge on any atom is 0.339 e. The lowest BCUT2D eigenvalue weighted by atomic mass is 9.82. The van der Waals surface area contributed by atoms with Gasteiger partial charge in [0.05, 0.1) is 11.1 Å². The van der Waals surface area contributed by atoms with Crippen molar-refractivity contribution in [2.24, 2.45) is 5.92 Å². The van der Waals surface area contributed by atoms with Crippen molar-refractivity contribution in [2.45, 2.75) is 65.4 Å². The van der Waals surface area contributed by atoms with E-state index in [2.05, 4.69) is 26.0 Å². The highest BCUT2D eigenvalue weighted by atomic mass is 16.5. The molecule has 35 heavy (non-hydrogen) atoms. The van der Waals surface area contributed by atoms with E-state index in [0.29, 0.717) is 17.0 Å². The summed E-state index contributed by atoms with van der Waals surface area (Å²) in [4.78, 5) is 25.6. The second-order valence-corrected chi connectivity index (χ2v) is 9.95. The number of hydrogen-bond acceptors (Lipinski definition) is 3. The third-order valence-corrected chi connectivity index (χ3v) is 6.80. The second kappa shape index (κ2) is 10.9. The molecule has 1 N–H and O–H groups in total. The van der Waals surface area contributed by atoms with Gasteiger partial charge in [0.2, 0.25) is 0 Å². The first-order chi connectivity index (χ1) is 16.9. The normalized spacial score (nSPS) is 14.2. The number of rotatable bonds is 7. The molecule has 0 atom stereocenters. The van der Waals surface area contributed by atoms with E-state index in [1.807, 2.05) is 43.3 Å². The Morgan fingerprint density at radius 2 is 1.46 bits per heavy atom. The number of carboxylic acid groups (broad SMARTS) is 1. The number of benzene rings is 3. The number of ether oxygens (including phenoxy) is 1. The first kappa shape index (κ1) is 24.7. The average Bonchev–Trinajstić information content (AvgIpc) is 2.85. The Kier molecular flexibility index (Phi) is 7.70. The summed E-state index contributed by atoms with van der Waals surface area (Å²) < 4.78 is 5.95. The number of hydrogen-bond donors (Lipinski definition) is 1. The Morgan fingerprint density at radius 1 is 0.857 bits per heavy atom. The Labute approximate surface area is 208 Å². The molecule has 0 aliphatic heterocycles. The van der Waals surface area contributed by atoms with Gasteiger partial charge in [-0.1, -0.05) is 68.8 Å². The Bertz CT molecular complexity index is 1220. The van der Waals surface area contributed by atoms with Gasteiger partial charge in [0.25, 0.3) is 0 Å². The van der Waals surface area contributed by atoms with Crippen LogP contribution in [-0.2, 0) is 11.2 Å². The van der Waals surface area contributed by atoms with Crippen molar-refractivity contribution in [3.05, 3.63) is 82.9 Å². The predicted octanol–water partition coefficient (Wildman–Crippen LogP) is 7.72. The van der Waals surface area contributed by atoms with Gasteiger partial charge in [-0.05, 0) is 90.5 Å². The summed E-state index contributed by atoms with van der Waals surface area (Å²) in [6.07, 6.45) is 5.95. The molecule has 0 aromatic heterocycles. The van der Waals surface area contributed by atoms with E-state index in [-0.39, 0.29) is 17.6 Å². The van der Waals surface area contributed by atoms with Crippen molar-refractivity contribution >= 4 is 11.9 Å². The Balaban J connectivity index is 1.92. The van der Waals surface area contributed by atoms with Crippen LogP contribution in [0.4, 0.5) is 0 Å². The molecule has 4 heteroatoms. The van der Waals surface area contributed by atoms with Crippen LogP contribution in [0.25, 0.3) is 22.3 Å². The second-order valence-electron chi connectivity index (χ2n) is 9.95. The monoisotopic (exact) mass is 470 g/mol. The molecule has 1 aliphatic rings. The molecule has 0 amide bonds. The van der Waals surface area contributed by atoms with E-state index in [1.165, 1.54) is 6.42 Å². The molecule has 0 bridgehead atoms. The molecule has 1 fully saturated rings. The molecule has 4 nitrogen and oxygen atoms in total. The predicted molar refractivity (Wildman–Crippen MR) is 140 cm³/mol. The first-order valence-electron chi connectivity index (χ1n) is 12.6. The van der Waals surface area contributed by atoms with Gasteiger partial charge in [-0.25, -0.2) is 9.59 Å². The van der Waals surface area contributed by atoms with E-state index in [4.69, 9.17) is 4.74 Å². The van der Waals surface area contributed by atoms with Crippen LogP contribution in [0.1, 0.15) is 77.8 Å². The van der Waals surface area contributed by atoms with Crippen molar-refractivity contribution < 1.29 is 19.4 Å². The fourth-order valence-corrected chi connectivity index (χ4v) is 5.18. The van der Waals surface area contributed by atoms with Gasteiger partial charge in [-0.15, -0.1) is 0 Å². The van der Waals surface area contributed by atoms with Crippen molar-refractivity contribution in [3.63, 3.8) is 0 Å². The molecule has 3 aromatic carbocycles. The van der Waals surface area contributed by atoms with E-state index < -0.39 is 5.97 Å². The number of esters is 1. The van der Waals surface area contributed by atoms with Crippen LogP contribution < -0.4 is 0 Å². The molecule has 182 valence electrons. The van der Waals surface area contributed by atoms with Gasteiger partial charge in [0.15, 0.2) is 0 Å². The maximum atomic E-state index is 13.4. The van der Waals surface area contributed by atoms with Crippen molar-refractivity contribution in [2.75, 3.05) is 0 Å². The number of carbonyl (C=O) groups excluding carboxylic acids is 1. The zero-order chi connectivity index (χ0) is 24.9. The van der Waals surface area contributed by atoms with E-state index in [9.17, 15) is 14.7 Å². The molecule has 3 aromatic rings. The lowest BCUT2D eigenvalue weighted by Crippen LogP contribution is -2.21. The van der Waals surface area contributed by atoms with E-state index in [1.54, 1.807) is 12.1 Å². The molecule has 1 aliphatic carbocycles. The molecule has 0 saturated heterocycles. The highest BCUT2D eigenvalue weighted by Crippen LogP contribution is 2.41. The van der Waals surface area contributed by atoms with Gasteiger partial charge >= 0.3 is 11.9 Å². The van der Waals surface area contributed by atoms with Crippen LogP contribution >= 0.6 is 0 Å². The lowest BCUT2D eigenvalue weighted by molar-refractivity contribution is 0.0212. The number of aromatic carboxylic acids is 1. The summed E-state index contributed by atoms with van der Waals surface area (Å²) in [6.45, 7) is 6.33.